The van der Waals surface area contributed by atoms with Crippen LogP contribution in [-0.4, -0.2) is 37.2 Å². The quantitative estimate of drug-likeness (QED) is 0.0265. The fourth-order valence-electron chi connectivity index (χ4n) is 7.15. The number of rotatable bonds is 44. The van der Waals surface area contributed by atoms with Gasteiger partial charge in [-0.3, -0.25) is 14.4 Å². The van der Waals surface area contributed by atoms with Gasteiger partial charge in [0.05, 0.1) is 0 Å². The molecule has 6 heteroatoms. The Balaban J connectivity index is 4.27. The first-order valence-electron chi connectivity index (χ1n) is 24.2. The molecule has 0 spiro atoms. The standard InChI is InChI=1S/C49H92O6/c1-4-7-10-13-16-19-21-23-24-26-28-31-33-36-39-42-48(51)54-45-46(55-49(52)43-40-37-34-29-18-15-12-9-6-3)44-53-47(50)41-38-35-32-30-27-25-22-20-17-14-11-8-5-2/h9,12,46H,4-8,10-11,13-45H2,1-3H3/b12-9-. The van der Waals surface area contributed by atoms with Crippen LogP contribution in [0.15, 0.2) is 12.2 Å². The highest BCUT2D eigenvalue weighted by Gasteiger charge is 2.19. The first kappa shape index (κ1) is 53.1. The number of carbonyl (C=O) groups is 3. The highest BCUT2D eigenvalue weighted by molar-refractivity contribution is 5.71. The molecule has 0 fully saturated rings. The summed E-state index contributed by atoms with van der Waals surface area (Å²) in [4.78, 5) is 37.7. The fraction of sp³-hybridized carbons (Fsp3) is 0.898. The monoisotopic (exact) mass is 777 g/mol. The van der Waals surface area contributed by atoms with Gasteiger partial charge in [-0.1, -0.05) is 219 Å². The predicted octanol–water partition coefficient (Wildman–Crippen LogP) is 15.4. The first-order valence-corrected chi connectivity index (χ1v) is 24.2. The lowest BCUT2D eigenvalue weighted by Gasteiger charge is -2.18. The Labute approximate surface area is 341 Å². The molecule has 0 heterocycles. The Morgan fingerprint density at radius 1 is 0.364 bits per heavy atom. The number of ether oxygens (including phenoxy) is 3. The smallest absolute Gasteiger partial charge is 0.306 e. The van der Waals surface area contributed by atoms with Crippen LogP contribution in [0.5, 0.6) is 0 Å². The highest BCUT2D eigenvalue weighted by Crippen LogP contribution is 2.16. The van der Waals surface area contributed by atoms with Crippen molar-refractivity contribution in [2.45, 2.75) is 271 Å². The molecule has 1 unspecified atom stereocenters. The van der Waals surface area contributed by atoms with Gasteiger partial charge in [-0.05, 0) is 38.5 Å². The minimum Gasteiger partial charge on any atom is -0.462 e. The summed E-state index contributed by atoms with van der Waals surface area (Å²) in [5.41, 5.74) is 0. The Morgan fingerprint density at radius 3 is 0.982 bits per heavy atom. The molecule has 6 nitrogen and oxygen atoms in total. The third kappa shape index (κ3) is 43.1. The van der Waals surface area contributed by atoms with Gasteiger partial charge in [0.2, 0.25) is 0 Å². The van der Waals surface area contributed by atoms with Crippen LogP contribution in [-0.2, 0) is 28.6 Å². The molecule has 0 N–H and O–H groups in total. The first-order chi connectivity index (χ1) is 27.0. The molecule has 0 aliphatic rings. The van der Waals surface area contributed by atoms with E-state index in [1.165, 1.54) is 148 Å². The maximum atomic E-state index is 12.7. The molecular formula is C49H92O6. The molecule has 0 aromatic heterocycles. The predicted molar refractivity (Wildman–Crippen MR) is 233 cm³/mol. The van der Waals surface area contributed by atoms with Crippen molar-refractivity contribution in [3.05, 3.63) is 12.2 Å². The maximum Gasteiger partial charge on any atom is 0.306 e. The van der Waals surface area contributed by atoms with E-state index in [1.54, 1.807) is 0 Å². The summed E-state index contributed by atoms with van der Waals surface area (Å²) < 4.78 is 16.7. The van der Waals surface area contributed by atoms with Gasteiger partial charge >= 0.3 is 17.9 Å². The van der Waals surface area contributed by atoms with Gasteiger partial charge in [0, 0.05) is 19.3 Å². The van der Waals surface area contributed by atoms with E-state index in [-0.39, 0.29) is 31.1 Å². The second-order valence-corrected chi connectivity index (χ2v) is 16.4. The van der Waals surface area contributed by atoms with Crippen molar-refractivity contribution in [3.8, 4) is 0 Å². The summed E-state index contributed by atoms with van der Waals surface area (Å²) >= 11 is 0. The Bertz CT molecular complexity index is 854. The summed E-state index contributed by atoms with van der Waals surface area (Å²) in [5.74, 6) is -0.869. The number of unbranched alkanes of at least 4 members (excludes halogenated alkanes) is 31. The van der Waals surface area contributed by atoms with Gasteiger partial charge in [0.25, 0.3) is 0 Å². The van der Waals surface area contributed by atoms with Gasteiger partial charge in [-0.25, -0.2) is 0 Å². The zero-order chi connectivity index (χ0) is 40.1. The SMILES string of the molecule is CC/C=C\CCCCCCCC(=O)OC(COC(=O)CCCCCCCCCCCCCCC)COC(=O)CCCCCCCCCCCCCCCCC. The van der Waals surface area contributed by atoms with Crippen molar-refractivity contribution in [1.82, 2.24) is 0 Å². The maximum absolute atomic E-state index is 12.7. The van der Waals surface area contributed by atoms with Crippen LogP contribution in [0.2, 0.25) is 0 Å². The molecule has 55 heavy (non-hydrogen) atoms. The minimum atomic E-state index is -0.765. The van der Waals surface area contributed by atoms with Gasteiger partial charge in [-0.2, -0.15) is 0 Å². The molecule has 0 aliphatic heterocycles. The van der Waals surface area contributed by atoms with E-state index < -0.39 is 6.10 Å². The Hall–Kier alpha value is -1.85. The number of carbonyl (C=O) groups excluding carboxylic acids is 3. The Kier molecular flexibility index (Phi) is 43.4. The third-order valence-electron chi connectivity index (χ3n) is 10.8. The fourth-order valence-corrected chi connectivity index (χ4v) is 7.15. The molecule has 0 aliphatic carbocycles. The zero-order valence-electron chi connectivity index (χ0n) is 37.0. The second kappa shape index (κ2) is 44.9. The van der Waals surface area contributed by atoms with E-state index >= 15 is 0 Å². The van der Waals surface area contributed by atoms with Gasteiger partial charge in [0.1, 0.15) is 13.2 Å². The van der Waals surface area contributed by atoms with E-state index in [2.05, 4.69) is 32.9 Å². The van der Waals surface area contributed by atoms with E-state index in [1.807, 2.05) is 0 Å². The lowest BCUT2D eigenvalue weighted by atomic mass is 10.0. The van der Waals surface area contributed by atoms with E-state index in [4.69, 9.17) is 14.2 Å². The number of hydrogen-bond donors (Lipinski definition) is 0. The van der Waals surface area contributed by atoms with E-state index in [0.29, 0.717) is 19.3 Å². The van der Waals surface area contributed by atoms with Crippen molar-refractivity contribution in [3.63, 3.8) is 0 Å². The normalized spacial score (nSPS) is 12.0. The molecule has 0 saturated carbocycles. The lowest BCUT2D eigenvalue weighted by molar-refractivity contribution is -0.167. The molecular weight excluding hydrogens is 685 g/mol. The van der Waals surface area contributed by atoms with Gasteiger partial charge in [-0.15, -0.1) is 0 Å². The molecule has 0 bridgehead atoms. The van der Waals surface area contributed by atoms with Crippen LogP contribution in [0.3, 0.4) is 0 Å². The van der Waals surface area contributed by atoms with Crippen LogP contribution in [0.1, 0.15) is 265 Å². The molecule has 324 valence electrons. The largest absolute Gasteiger partial charge is 0.462 e. The summed E-state index contributed by atoms with van der Waals surface area (Å²) in [6.45, 7) is 6.55. The van der Waals surface area contributed by atoms with Crippen LogP contribution >= 0.6 is 0 Å². The topological polar surface area (TPSA) is 78.9 Å². The minimum absolute atomic E-state index is 0.0688. The Morgan fingerprint density at radius 2 is 0.655 bits per heavy atom. The van der Waals surface area contributed by atoms with Crippen LogP contribution in [0, 0.1) is 0 Å². The summed E-state index contributed by atoms with van der Waals surface area (Å²) in [5, 5.41) is 0. The number of esters is 3. The molecule has 0 radical (unpaired) electrons. The summed E-state index contributed by atoms with van der Waals surface area (Å²) in [6, 6.07) is 0. The van der Waals surface area contributed by atoms with Crippen LogP contribution in [0.4, 0.5) is 0 Å². The summed E-state index contributed by atoms with van der Waals surface area (Å²) in [6.07, 6.45) is 47.7. The van der Waals surface area contributed by atoms with Gasteiger partial charge in [0.15, 0.2) is 6.10 Å². The van der Waals surface area contributed by atoms with Crippen LogP contribution in [0.25, 0.3) is 0 Å². The third-order valence-corrected chi connectivity index (χ3v) is 10.8. The van der Waals surface area contributed by atoms with Crippen molar-refractivity contribution < 1.29 is 28.6 Å². The van der Waals surface area contributed by atoms with Gasteiger partial charge < -0.3 is 14.2 Å². The average Bonchev–Trinajstić information content (AvgIpc) is 3.18. The molecule has 0 saturated heterocycles. The zero-order valence-corrected chi connectivity index (χ0v) is 37.0. The molecule has 0 amide bonds. The van der Waals surface area contributed by atoms with E-state index in [0.717, 1.165) is 77.0 Å². The van der Waals surface area contributed by atoms with Crippen molar-refractivity contribution in [2.75, 3.05) is 13.2 Å². The second-order valence-electron chi connectivity index (χ2n) is 16.4. The van der Waals surface area contributed by atoms with Crippen LogP contribution < -0.4 is 0 Å². The number of allylic oxidation sites excluding steroid dienone is 2. The van der Waals surface area contributed by atoms with Crippen molar-refractivity contribution >= 4 is 17.9 Å². The molecule has 0 aromatic carbocycles. The molecule has 0 rings (SSSR count). The van der Waals surface area contributed by atoms with Crippen molar-refractivity contribution in [1.29, 1.82) is 0 Å². The number of hydrogen-bond acceptors (Lipinski definition) is 6. The lowest BCUT2D eigenvalue weighted by Crippen LogP contribution is -2.30. The highest BCUT2D eigenvalue weighted by atomic mass is 16.6. The van der Waals surface area contributed by atoms with E-state index in [9.17, 15) is 14.4 Å². The molecule has 0 aromatic rings. The van der Waals surface area contributed by atoms with Crippen molar-refractivity contribution in [2.24, 2.45) is 0 Å². The molecule has 1 atom stereocenters. The summed E-state index contributed by atoms with van der Waals surface area (Å²) in [7, 11) is 0. The average molecular weight is 777 g/mol.